The summed E-state index contributed by atoms with van der Waals surface area (Å²) >= 11 is 0. The van der Waals surface area contributed by atoms with Gasteiger partial charge in [0.15, 0.2) is 0 Å². The highest BCUT2D eigenvalue weighted by atomic mass is 16.5. The Morgan fingerprint density at radius 2 is 1.84 bits per heavy atom. The number of carbonyl (C=O) groups excluding carboxylic acids is 1. The lowest BCUT2D eigenvalue weighted by Crippen LogP contribution is -2.34. The lowest BCUT2D eigenvalue weighted by atomic mass is 9.99. The molecule has 1 saturated heterocycles. The van der Waals surface area contributed by atoms with Crippen molar-refractivity contribution in [3.8, 4) is 5.75 Å². The minimum atomic E-state index is -0.100. The Hall–Kier alpha value is -3.27. The molecule has 1 amide bonds. The van der Waals surface area contributed by atoms with Crippen molar-refractivity contribution in [1.29, 1.82) is 0 Å². The molecule has 0 unspecified atom stereocenters. The molecule has 32 heavy (non-hydrogen) atoms. The Kier molecular flexibility index (Phi) is 7.10. The van der Waals surface area contributed by atoms with Gasteiger partial charge in [0, 0.05) is 24.3 Å². The van der Waals surface area contributed by atoms with Crippen LogP contribution in [-0.2, 0) is 6.61 Å². The van der Waals surface area contributed by atoms with Crippen LogP contribution in [-0.4, -0.2) is 19.0 Å². The monoisotopic (exact) mass is 428 g/mol. The second-order valence-corrected chi connectivity index (χ2v) is 8.78. The van der Waals surface area contributed by atoms with E-state index in [2.05, 4.69) is 41.4 Å². The van der Waals surface area contributed by atoms with Gasteiger partial charge < -0.3 is 15.0 Å². The van der Waals surface area contributed by atoms with Gasteiger partial charge in [0.25, 0.3) is 5.91 Å². The van der Waals surface area contributed by atoms with Crippen LogP contribution in [0.25, 0.3) is 0 Å². The smallest absolute Gasteiger partial charge is 0.251 e. The molecule has 0 saturated carbocycles. The molecule has 0 aromatic heterocycles. The standard InChI is InChI=1S/C28H32N2O2/c1-21-8-7-17-30(19-21)26-15-13-24(14-16-26)22(2)29-28(31)25-11-6-12-27(18-25)32-20-23-9-4-3-5-10-23/h3-6,9-16,18,21-22H,7-8,17,19-20H2,1-2H3,(H,29,31)/t21-,22-/m0/s1. The molecule has 3 aromatic rings. The van der Waals surface area contributed by atoms with Gasteiger partial charge in [-0.2, -0.15) is 0 Å². The molecule has 4 nitrogen and oxygen atoms in total. The third-order valence-corrected chi connectivity index (χ3v) is 6.11. The summed E-state index contributed by atoms with van der Waals surface area (Å²) in [7, 11) is 0. The Labute approximate surface area is 191 Å². The van der Waals surface area contributed by atoms with E-state index in [9.17, 15) is 4.79 Å². The summed E-state index contributed by atoms with van der Waals surface area (Å²) in [4.78, 5) is 15.3. The number of carbonyl (C=O) groups is 1. The summed E-state index contributed by atoms with van der Waals surface area (Å²) in [5.41, 5.74) is 4.06. The number of anilines is 1. The first kappa shape index (κ1) is 21.9. The first-order valence-electron chi connectivity index (χ1n) is 11.5. The molecule has 166 valence electrons. The highest BCUT2D eigenvalue weighted by Gasteiger charge is 2.17. The van der Waals surface area contributed by atoms with Gasteiger partial charge in [-0.05, 0) is 67.1 Å². The Morgan fingerprint density at radius 1 is 1.06 bits per heavy atom. The number of rotatable bonds is 7. The number of hydrogen-bond acceptors (Lipinski definition) is 3. The van der Waals surface area contributed by atoms with Crippen molar-refractivity contribution in [3.63, 3.8) is 0 Å². The molecule has 1 heterocycles. The van der Waals surface area contributed by atoms with E-state index in [0.29, 0.717) is 17.9 Å². The summed E-state index contributed by atoms with van der Waals surface area (Å²) in [5, 5.41) is 3.11. The summed E-state index contributed by atoms with van der Waals surface area (Å²) in [5.74, 6) is 1.33. The molecule has 1 N–H and O–H groups in total. The zero-order valence-electron chi connectivity index (χ0n) is 19.0. The first-order chi connectivity index (χ1) is 15.6. The number of piperidine rings is 1. The van der Waals surface area contributed by atoms with Gasteiger partial charge in [-0.15, -0.1) is 0 Å². The van der Waals surface area contributed by atoms with Gasteiger partial charge in [0.2, 0.25) is 0 Å². The van der Waals surface area contributed by atoms with Crippen LogP contribution in [0.4, 0.5) is 5.69 Å². The largest absolute Gasteiger partial charge is 0.489 e. The van der Waals surface area contributed by atoms with Gasteiger partial charge in [-0.3, -0.25) is 4.79 Å². The quantitative estimate of drug-likeness (QED) is 0.502. The van der Waals surface area contributed by atoms with Crippen LogP contribution in [0.5, 0.6) is 5.75 Å². The van der Waals surface area contributed by atoms with Crippen molar-refractivity contribution in [2.24, 2.45) is 5.92 Å². The van der Waals surface area contributed by atoms with E-state index in [-0.39, 0.29) is 11.9 Å². The topological polar surface area (TPSA) is 41.6 Å². The molecular formula is C28H32N2O2. The molecule has 3 aromatic carbocycles. The second-order valence-electron chi connectivity index (χ2n) is 8.78. The van der Waals surface area contributed by atoms with Gasteiger partial charge in [0.05, 0.1) is 6.04 Å². The predicted octanol–water partition coefficient (Wildman–Crippen LogP) is 5.99. The molecule has 0 bridgehead atoms. The fraction of sp³-hybridized carbons (Fsp3) is 0.321. The second kappa shape index (κ2) is 10.4. The summed E-state index contributed by atoms with van der Waals surface area (Å²) in [6, 6.07) is 25.9. The van der Waals surface area contributed by atoms with E-state index < -0.39 is 0 Å². The van der Waals surface area contributed by atoms with Crippen molar-refractivity contribution in [1.82, 2.24) is 5.32 Å². The van der Waals surface area contributed by atoms with Crippen LogP contribution in [0, 0.1) is 5.92 Å². The molecule has 0 radical (unpaired) electrons. The van der Waals surface area contributed by atoms with Gasteiger partial charge in [-0.1, -0.05) is 55.5 Å². The van der Waals surface area contributed by atoms with Gasteiger partial charge >= 0.3 is 0 Å². The lowest BCUT2D eigenvalue weighted by molar-refractivity contribution is 0.0939. The number of amides is 1. The maximum atomic E-state index is 12.8. The zero-order chi connectivity index (χ0) is 22.3. The van der Waals surface area contributed by atoms with E-state index in [4.69, 9.17) is 4.74 Å². The maximum Gasteiger partial charge on any atom is 0.251 e. The van der Waals surface area contributed by atoms with Crippen molar-refractivity contribution in [2.75, 3.05) is 18.0 Å². The van der Waals surface area contributed by atoms with Crippen LogP contribution in [0.3, 0.4) is 0 Å². The van der Waals surface area contributed by atoms with E-state index >= 15 is 0 Å². The normalized spacial score (nSPS) is 16.9. The molecule has 2 atom stereocenters. The van der Waals surface area contributed by atoms with Crippen molar-refractivity contribution in [2.45, 2.75) is 39.3 Å². The lowest BCUT2D eigenvalue weighted by Gasteiger charge is -2.33. The number of nitrogens with zero attached hydrogens (tertiary/aromatic N) is 1. The van der Waals surface area contributed by atoms with Crippen molar-refractivity contribution in [3.05, 3.63) is 95.6 Å². The Balaban J connectivity index is 1.35. The minimum Gasteiger partial charge on any atom is -0.489 e. The Morgan fingerprint density at radius 3 is 2.59 bits per heavy atom. The summed E-state index contributed by atoms with van der Waals surface area (Å²) in [6.45, 7) is 7.06. The number of benzene rings is 3. The molecule has 0 aliphatic carbocycles. The highest BCUT2D eigenvalue weighted by molar-refractivity contribution is 5.94. The Bertz CT molecular complexity index is 1020. The highest BCUT2D eigenvalue weighted by Crippen LogP contribution is 2.25. The third kappa shape index (κ3) is 5.70. The number of nitrogens with one attached hydrogen (secondary N) is 1. The average Bonchev–Trinajstić information content (AvgIpc) is 2.83. The zero-order valence-corrected chi connectivity index (χ0v) is 19.0. The van der Waals surface area contributed by atoms with Gasteiger partial charge in [0.1, 0.15) is 12.4 Å². The first-order valence-corrected chi connectivity index (χ1v) is 11.5. The molecule has 1 aliphatic heterocycles. The molecule has 4 heteroatoms. The van der Waals surface area contributed by atoms with E-state index in [1.807, 2.05) is 55.5 Å². The van der Waals surface area contributed by atoms with E-state index in [1.165, 1.54) is 18.5 Å². The van der Waals surface area contributed by atoms with Crippen molar-refractivity contribution < 1.29 is 9.53 Å². The van der Waals surface area contributed by atoms with Crippen LogP contribution in [0.1, 0.15) is 54.2 Å². The summed E-state index contributed by atoms with van der Waals surface area (Å²) < 4.78 is 5.87. The third-order valence-electron chi connectivity index (χ3n) is 6.11. The molecule has 1 aliphatic rings. The van der Waals surface area contributed by atoms with Crippen LogP contribution < -0.4 is 15.0 Å². The maximum absolute atomic E-state index is 12.8. The molecule has 4 rings (SSSR count). The summed E-state index contributed by atoms with van der Waals surface area (Å²) in [6.07, 6.45) is 2.57. The van der Waals surface area contributed by atoms with Gasteiger partial charge in [-0.25, -0.2) is 0 Å². The fourth-order valence-corrected chi connectivity index (χ4v) is 4.23. The van der Waals surface area contributed by atoms with Crippen molar-refractivity contribution >= 4 is 11.6 Å². The predicted molar refractivity (Wildman–Crippen MR) is 130 cm³/mol. The van der Waals surface area contributed by atoms with Crippen LogP contribution >= 0.6 is 0 Å². The van der Waals surface area contributed by atoms with Crippen LogP contribution in [0.15, 0.2) is 78.9 Å². The fourth-order valence-electron chi connectivity index (χ4n) is 4.23. The SMILES string of the molecule is C[C@H]1CCCN(c2ccc([C@H](C)NC(=O)c3cccc(OCc4ccccc4)c3)cc2)C1. The van der Waals surface area contributed by atoms with E-state index in [1.54, 1.807) is 6.07 Å². The minimum absolute atomic E-state index is 0.0780. The molecule has 1 fully saturated rings. The van der Waals surface area contributed by atoms with E-state index in [0.717, 1.165) is 30.1 Å². The van der Waals surface area contributed by atoms with Crippen LogP contribution in [0.2, 0.25) is 0 Å². The molecular weight excluding hydrogens is 396 g/mol. The number of hydrogen-bond donors (Lipinski definition) is 1. The average molecular weight is 429 g/mol. The number of ether oxygens (including phenoxy) is 1. The molecule has 0 spiro atoms.